The Morgan fingerprint density at radius 1 is 1.20 bits per heavy atom. The number of esters is 1. The van der Waals surface area contributed by atoms with E-state index in [2.05, 4.69) is 0 Å². The minimum Gasteiger partial charge on any atom is -0.445 e. The Bertz CT molecular complexity index is 572. The van der Waals surface area contributed by atoms with E-state index in [1.54, 1.807) is 26.0 Å². The molecule has 106 valence electrons. The van der Waals surface area contributed by atoms with Crippen molar-refractivity contribution in [3.8, 4) is 0 Å². The van der Waals surface area contributed by atoms with E-state index in [1.807, 2.05) is 13.0 Å². The summed E-state index contributed by atoms with van der Waals surface area (Å²) in [6.45, 7) is 5.38. The van der Waals surface area contributed by atoms with Gasteiger partial charge < -0.3 is 4.74 Å². The van der Waals surface area contributed by atoms with Gasteiger partial charge >= 0.3 is 5.97 Å². The second-order valence-electron chi connectivity index (χ2n) is 5.33. The van der Waals surface area contributed by atoms with Gasteiger partial charge in [-0.3, -0.25) is 14.4 Å². The van der Waals surface area contributed by atoms with Crippen LogP contribution in [0.5, 0.6) is 0 Å². The minimum atomic E-state index is -1.29. The molecular weight excluding hydrogens is 256 g/mol. The summed E-state index contributed by atoms with van der Waals surface area (Å²) in [5.74, 6) is -1.72. The van der Waals surface area contributed by atoms with Crippen LogP contribution in [-0.4, -0.2) is 23.6 Å². The fourth-order valence-electron chi connectivity index (χ4n) is 2.22. The first-order chi connectivity index (χ1) is 9.45. The molecule has 4 heteroatoms. The van der Waals surface area contributed by atoms with Gasteiger partial charge in [-0.2, -0.15) is 0 Å². The van der Waals surface area contributed by atoms with Crippen molar-refractivity contribution in [2.75, 3.05) is 0 Å². The highest BCUT2D eigenvalue weighted by Gasteiger charge is 2.41. The van der Waals surface area contributed by atoms with E-state index >= 15 is 0 Å². The largest absolute Gasteiger partial charge is 0.445 e. The van der Waals surface area contributed by atoms with Crippen LogP contribution in [0.4, 0.5) is 0 Å². The van der Waals surface area contributed by atoms with Crippen LogP contribution in [0.15, 0.2) is 18.2 Å². The summed E-state index contributed by atoms with van der Waals surface area (Å²) in [6, 6.07) is 5.24. The maximum atomic E-state index is 12.2. The average Bonchev–Trinajstić information content (AvgIpc) is 2.64. The van der Waals surface area contributed by atoms with Crippen molar-refractivity contribution in [1.82, 2.24) is 0 Å². The molecule has 1 aliphatic rings. The van der Waals surface area contributed by atoms with Gasteiger partial charge in [-0.05, 0) is 18.1 Å². The monoisotopic (exact) mass is 274 g/mol. The number of hydrogen-bond acceptors (Lipinski definition) is 4. The van der Waals surface area contributed by atoms with Crippen LogP contribution >= 0.6 is 0 Å². The number of hydrogen-bond donors (Lipinski definition) is 0. The SMILES string of the molecule is CCCc1ccc2c(c1)C(=O)C(OC(=O)C(C)C)C2=O. The molecule has 1 aliphatic carbocycles. The summed E-state index contributed by atoms with van der Waals surface area (Å²) in [5.41, 5.74) is 1.75. The number of carbonyl (C=O) groups is 3. The first-order valence-electron chi connectivity index (χ1n) is 6.87. The van der Waals surface area contributed by atoms with E-state index in [-0.39, 0.29) is 5.92 Å². The number of benzene rings is 1. The van der Waals surface area contributed by atoms with Gasteiger partial charge in [-0.15, -0.1) is 0 Å². The molecule has 1 aromatic carbocycles. The lowest BCUT2D eigenvalue weighted by molar-refractivity contribution is -0.148. The molecule has 0 spiro atoms. The fraction of sp³-hybridized carbons (Fsp3) is 0.438. The van der Waals surface area contributed by atoms with Crippen LogP contribution in [0, 0.1) is 5.92 Å². The second kappa shape index (κ2) is 5.57. The third-order valence-electron chi connectivity index (χ3n) is 3.34. The first-order valence-corrected chi connectivity index (χ1v) is 6.87. The highest BCUT2D eigenvalue weighted by atomic mass is 16.6. The number of fused-ring (bicyclic) bond motifs is 1. The first kappa shape index (κ1) is 14.4. The van der Waals surface area contributed by atoms with Crippen molar-refractivity contribution in [3.05, 3.63) is 34.9 Å². The van der Waals surface area contributed by atoms with E-state index in [0.717, 1.165) is 18.4 Å². The van der Waals surface area contributed by atoms with E-state index in [9.17, 15) is 14.4 Å². The van der Waals surface area contributed by atoms with Crippen molar-refractivity contribution >= 4 is 17.5 Å². The molecule has 1 aromatic rings. The normalized spacial score (nSPS) is 17.5. The average molecular weight is 274 g/mol. The molecule has 0 radical (unpaired) electrons. The van der Waals surface area contributed by atoms with Crippen molar-refractivity contribution in [3.63, 3.8) is 0 Å². The third kappa shape index (κ3) is 2.50. The molecule has 0 fully saturated rings. The molecule has 4 nitrogen and oxygen atoms in total. The molecule has 0 saturated heterocycles. The van der Waals surface area contributed by atoms with Gasteiger partial charge in [0.1, 0.15) is 0 Å². The van der Waals surface area contributed by atoms with Crippen molar-refractivity contribution in [1.29, 1.82) is 0 Å². The quantitative estimate of drug-likeness (QED) is 0.625. The zero-order valence-corrected chi connectivity index (χ0v) is 11.9. The Morgan fingerprint density at radius 2 is 1.85 bits per heavy atom. The lowest BCUT2D eigenvalue weighted by Gasteiger charge is -2.10. The number of carbonyl (C=O) groups excluding carboxylic acids is 3. The van der Waals surface area contributed by atoms with Gasteiger partial charge in [-0.1, -0.05) is 39.3 Å². The molecule has 0 saturated carbocycles. The summed E-state index contributed by atoms with van der Waals surface area (Å²) in [5, 5.41) is 0. The fourth-order valence-corrected chi connectivity index (χ4v) is 2.22. The topological polar surface area (TPSA) is 60.4 Å². The lowest BCUT2D eigenvalue weighted by Crippen LogP contribution is -2.30. The van der Waals surface area contributed by atoms with E-state index in [4.69, 9.17) is 4.74 Å². The highest BCUT2D eigenvalue weighted by molar-refractivity contribution is 6.29. The molecular formula is C16H18O4. The van der Waals surface area contributed by atoms with Gasteiger partial charge in [0.05, 0.1) is 5.92 Å². The summed E-state index contributed by atoms with van der Waals surface area (Å²) in [4.78, 5) is 35.9. The summed E-state index contributed by atoms with van der Waals surface area (Å²) >= 11 is 0. The van der Waals surface area contributed by atoms with Crippen LogP contribution in [0.2, 0.25) is 0 Å². The van der Waals surface area contributed by atoms with Crippen LogP contribution in [0.1, 0.15) is 53.5 Å². The Labute approximate surface area is 118 Å². The van der Waals surface area contributed by atoms with Crippen LogP contribution < -0.4 is 0 Å². The van der Waals surface area contributed by atoms with E-state index < -0.39 is 23.6 Å². The summed E-state index contributed by atoms with van der Waals surface area (Å²) in [6.07, 6.45) is 0.523. The highest BCUT2D eigenvalue weighted by Crippen LogP contribution is 2.26. The van der Waals surface area contributed by atoms with Crippen LogP contribution in [0.25, 0.3) is 0 Å². The third-order valence-corrected chi connectivity index (χ3v) is 3.34. The van der Waals surface area contributed by atoms with E-state index in [0.29, 0.717) is 11.1 Å². The van der Waals surface area contributed by atoms with Gasteiger partial charge in [0.15, 0.2) is 0 Å². The van der Waals surface area contributed by atoms with Crippen molar-refractivity contribution in [2.24, 2.45) is 5.92 Å². The Morgan fingerprint density at radius 3 is 2.45 bits per heavy atom. The molecule has 0 bridgehead atoms. The molecule has 1 unspecified atom stereocenters. The number of ether oxygens (including phenoxy) is 1. The van der Waals surface area contributed by atoms with Crippen molar-refractivity contribution in [2.45, 2.75) is 39.7 Å². The standard InChI is InChI=1S/C16H18O4/c1-4-5-10-6-7-11-12(8-10)14(18)15(13(11)17)20-16(19)9(2)3/h6-9,15H,4-5H2,1-3H3. The van der Waals surface area contributed by atoms with Crippen LogP contribution in [0.3, 0.4) is 0 Å². The predicted molar refractivity (Wildman–Crippen MR) is 73.8 cm³/mol. The maximum absolute atomic E-state index is 12.2. The summed E-state index contributed by atoms with van der Waals surface area (Å²) in [7, 11) is 0. The zero-order valence-electron chi connectivity index (χ0n) is 11.9. The summed E-state index contributed by atoms with van der Waals surface area (Å²) < 4.78 is 5.04. The molecule has 0 aliphatic heterocycles. The Hall–Kier alpha value is -1.97. The lowest BCUT2D eigenvalue weighted by atomic mass is 10.0. The number of Topliss-reactive ketones (excluding diaryl/α,β-unsaturated/α-hetero) is 2. The minimum absolute atomic E-state index is 0.358. The molecule has 0 N–H and O–H groups in total. The second-order valence-corrected chi connectivity index (χ2v) is 5.33. The number of aryl methyl sites for hydroxylation is 1. The molecule has 0 amide bonds. The van der Waals surface area contributed by atoms with Gasteiger partial charge in [0.2, 0.25) is 17.7 Å². The molecule has 1 atom stereocenters. The van der Waals surface area contributed by atoms with E-state index in [1.165, 1.54) is 0 Å². The zero-order chi connectivity index (χ0) is 14.9. The Balaban J connectivity index is 2.28. The van der Waals surface area contributed by atoms with Gasteiger partial charge in [0, 0.05) is 11.1 Å². The molecule has 20 heavy (non-hydrogen) atoms. The molecule has 0 heterocycles. The maximum Gasteiger partial charge on any atom is 0.309 e. The van der Waals surface area contributed by atoms with Crippen LogP contribution in [-0.2, 0) is 16.0 Å². The van der Waals surface area contributed by atoms with Gasteiger partial charge in [-0.25, -0.2) is 0 Å². The predicted octanol–water partition coefficient (Wildman–Crippen LogP) is 2.59. The molecule has 0 aromatic heterocycles. The smallest absolute Gasteiger partial charge is 0.309 e. The Kier molecular flexibility index (Phi) is 4.02. The number of ketones is 2. The van der Waals surface area contributed by atoms with Crippen molar-refractivity contribution < 1.29 is 19.1 Å². The molecule has 2 rings (SSSR count). The number of rotatable bonds is 4. The van der Waals surface area contributed by atoms with Gasteiger partial charge in [0.25, 0.3) is 0 Å².